The summed E-state index contributed by atoms with van der Waals surface area (Å²) in [5.74, 6) is 1.04. The fourth-order valence-corrected chi connectivity index (χ4v) is 14.7. The minimum absolute atomic E-state index is 0.0897. The summed E-state index contributed by atoms with van der Waals surface area (Å²) in [5, 5.41) is 35.2. The maximum atomic E-state index is 11.7. The molecule has 632 valence electrons. The lowest BCUT2D eigenvalue weighted by atomic mass is 9.85. The van der Waals surface area contributed by atoms with Crippen molar-refractivity contribution in [2.75, 3.05) is 27.9 Å². The van der Waals surface area contributed by atoms with Crippen LogP contribution in [0.25, 0.3) is 66.0 Å². The molecule has 0 atom stereocenters. The molecule has 1 saturated carbocycles. The van der Waals surface area contributed by atoms with Crippen LogP contribution in [0.1, 0.15) is 122 Å². The lowest BCUT2D eigenvalue weighted by Gasteiger charge is -2.17. The molecule has 10 heterocycles. The number of fused-ring (bicyclic) bond motifs is 12. The topological polar surface area (TPSA) is 354 Å². The number of Topliss-reactive ketones (excluding diaryl/α,β-unsaturated/α-hetero) is 1. The second-order valence-electron chi connectivity index (χ2n) is 32.6. The molecule has 11 aromatic carbocycles. The molecule has 0 radical (unpaired) electrons. The molecule has 6 aromatic heterocycles. The lowest BCUT2D eigenvalue weighted by molar-refractivity contribution is -0.122. The minimum atomic E-state index is -0.398. The normalized spacial score (nSPS) is 13.8. The fraction of sp³-hybridized carbons (Fsp3) is 0.232. The zero-order valence-electron chi connectivity index (χ0n) is 72.1. The molecule has 1 spiro atoms. The van der Waals surface area contributed by atoms with Gasteiger partial charge in [-0.05, 0) is 284 Å². The van der Waals surface area contributed by atoms with E-state index in [1.807, 2.05) is 183 Å². The number of hydrogen-bond donors (Lipinski definition) is 10. The molecular formula is C99H102N16O9. The number of nitrogens with zero attached hydrogens (tertiary/aromatic N) is 6. The Bertz CT molecular complexity index is 6530. The number of imidazole rings is 2. The number of H-pyrrole nitrogens is 6. The van der Waals surface area contributed by atoms with Crippen molar-refractivity contribution in [2.45, 2.75) is 139 Å². The summed E-state index contributed by atoms with van der Waals surface area (Å²) < 4.78 is 11.9. The van der Waals surface area contributed by atoms with Gasteiger partial charge in [-0.25, -0.2) is 14.6 Å². The highest BCUT2D eigenvalue weighted by Gasteiger charge is 2.56. The predicted octanol–water partition coefficient (Wildman–Crippen LogP) is 18.6. The van der Waals surface area contributed by atoms with Gasteiger partial charge in [0, 0.05) is 53.1 Å². The number of aromatic nitrogens is 12. The molecule has 25 heteroatoms. The first kappa shape index (κ1) is 87.0. The number of aryl methyl sites for hydroxylation is 13. The Morgan fingerprint density at radius 2 is 0.960 bits per heavy atom. The molecule has 2 aliphatic carbocycles. The SMILES string of the molecule is Cc1ccc2[nH]c(=O)[nH]c2c1.Cc1ccc2c(c1)CC(=O)C2(C)C.Cc1ccc2c(c1)NC(=O)C2.Cc1ccc2c(c1)NC(=O)C21CC1.Cc1ccc2c(c1)NC(=O)CC2.Cc1ccc2c(c1)NC(=O)CO2.Cc1ccc2c(cnn2C)c1.Cc1ccc2cn[nH]c2c1.Cc1ccc2n[nH]nc2c1.Cc1ccc2nc[nH]c2c1.Cc1ccc2oc(=O)[nH]c2c1. The van der Waals surface area contributed by atoms with E-state index in [9.17, 15) is 33.6 Å². The maximum absolute atomic E-state index is 11.7. The minimum Gasteiger partial charge on any atom is -0.482 e. The average molecular weight is 1660 g/mol. The predicted molar refractivity (Wildman–Crippen MR) is 492 cm³/mol. The van der Waals surface area contributed by atoms with E-state index in [0.29, 0.717) is 30.6 Å². The summed E-state index contributed by atoms with van der Waals surface area (Å²) in [6.45, 7) is 26.5. The Balaban J connectivity index is 0.000000117. The molecule has 1 fully saturated rings. The first-order valence-electron chi connectivity index (χ1n) is 41.0. The van der Waals surface area contributed by atoms with Crippen LogP contribution in [0.5, 0.6) is 5.75 Å². The van der Waals surface area contributed by atoms with Crippen molar-refractivity contribution in [2.24, 2.45) is 7.05 Å². The van der Waals surface area contributed by atoms with Gasteiger partial charge in [0.15, 0.2) is 12.2 Å². The van der Waals surface area contributed by atoms with E-state index in [-0.39, 0.29) is 46.8 Å². The van der Waals surface area contributed by atoms with Gasteiger partial charge in [-0.3, -0.25) is 38.7 Å². The molecule has 124 heavy (non-hydrogen) atoms. The number of anilines is 4. The van der Waals surface area contributed by atoms with Crippen LogP contribution >= 0.6 is 0 Å². The number of oxazole rings is 1. The number of carbonyl (C=O) groups excluding carboxylic acids is 5. The number of aromatic amines is 6. The number of amides is 4. The van der Waals surface area contributed by atoms with E-state index in [1.165, 1.54) is 83.1 Å². The van der Waals surface area contributed by atoms with E-state index in [1.54, 1.807) is 12.4 Å². The highest BCUT2D eigenvalue weighted by Crippen LogP contribution is 2.55. The smallest absolute Gasteiger partial charge is 0.417 e. The molecule has 17 aromatic rings. The molecule has 4 aliphatic heterocycles. The van der Waals surface area contributed by atoms with E-state index >= 15 is 0 Å². The number of ether oxygens (including phenoxy) is 1. The molecule has 0 saturated heterocycles. The summed E-state index contributed by atoms with van der Waals surface area (Å²) in [5.41, 5.74) is 31.8. The molecule has 4 amide bonds. The van der Waals surface area contributed by atoms with E-state index in [4.69, 9.17) is 9.15 Å². The van der Waals surface area contributed by atoms with E-state index in [2.05, 4.69) is 202 Å². The number of benzene rings is 11. The third-order valence-electron chi connectivity index (χ3n) is 21.7. The van der Waals surface area contributed by atoms with Gasteiger partial charge >= 0.3 is 11.4 Å². The van der Waals surface area contributed by atoms with Crippen LogP contribution in [0.4, 0.5) is 22.7 Å². The second-order valence-corrected chi connectivity index (χ2v) is 32.6. The van der Waals surface area contributed by atoms with Crippen molar-refractivity contribution in [3.8, 4) is 5.75 Å². The Hall–Kier alpha value is -14.9. The largest absolute Gasteiger partial charge is 0.482 e. The third-order valence-corrected chi connectivity index (χ3v) is 21.7. The van der Waals surface area contributed by atoms with Crippen LogP contribution in [-0.4, -0.2) is 96.3 Å². The van der Waals surface area contributed by atoms with Crippen LogP contribution in [-0.2, 0) is 61.1 Å². The Morgan fingerprint density at radius 1 is 0.411 bits per heavy atom. The molecule has 10 N–H and O–H groups in total. The van der Waals surface area contributed by atoms with Crippen molar-refractivity contribution in [3.63, 3.8) is 0 Å². The maximum Gasteiger partial charge on any atom is 0.417 e. The Labute approximate surface area is 716 Å². The van der Waals surface area contributed by atoms with Gasteiger partial charge in [0.05, 0.1) is 74.9 Å². The van der Waals surface area contributed by atoms with Gasteiger partial charge in [0.2, 0.25) is 17.7 Å². The number of carbonyl (C=O) groups is 5. The average Bonchev–Trinajstić information content (AvgIpc) is 1.56. The van der Waals surface area contributed by atoms with Gasteiger partial charge < -0.3 is 45.4 Å². The quantitative estimate of drug-likeness (QED) is 0.0675. The van der Waals surface area contributed by atoms with E-state index in [0.717, 1.165) is 114 Å². The van der Waals surface area contributed by atoms with Crippen LogP contribution in [0.3, 0.4) is 0 Å². The van der Waals surface area contributed by atoms with Gasteiger partial charge in [-0.1, -0.05) is 114 Å². The van der Waals surface area contributed by atoms with Crippen LogP contribution < -0.4 is 37.4 Å². The molecule has 23 rings (SSSR count). The summed E-state index contributed by atoms with van der Waals surface area (Å²) in [4.78, 5) is 92.7. The zero-order chi connectivity index (χ0) is 88.1. The van der Waals surface area contributed by atoms with Crippen LogP contribution in [0.2, 0.25) is 0 Å². The van der Waals surface area contributed by atoms with E-state index < -0.39 is 5.76 Å². The van der Waals surface area contributed by atoms with Gasteiger partial charge in [0.25, 0.3) is 5.91 Å². The number of ketones is 1. The Morgan fingerprint density at radius 3 is 1.69 bits per heavy atom. The van der Waals surface area contributed by atoms with Gasteiger partial charge in [-0.15, -0.1) is 0 Å². The number of rotatable bonds is 0. The van der Waals surface area contributed by atoms with Crippen LogP contribution in [0.15, 0.2) is 233 Å². The zero-order valence-corrected chi connectivity index (χ0v) is 72.1. The van der Waals surface area contributed by atoms with Crippen molar-refractivity contribution in [1.82, 2.24) is 60.3 Å². The number of nitrogens with one attached hydrogen (secondary N) is 10. The lowest BCUT2D eigenvalue weighted by Crippen LogP contribution is -2.25. The highest BCUT2D eigenvalue weighted by molar-refractivity contribution is 6.08. The number of hydrogen-bond acceptors (Lipinski definition) is 14. The van der Waals surface area contributed by atoms with Crippen molar-refractivity contribution < 1.29 is 33.1 Å². The Kier molecular flexibility index (Phi) is 26.8. The monoisotopic (exact) mass is 1660 g/mol. The molecule has 0 bridgehead atoms. The summed E-state index contributed by atoms with van der Waals surface area (Å²) in [6, 6.07) is 66.5. The fourth-order valence-electron chi connectivity index (χ4n) is 14.7. The third kappa shape index (κ3) is 22.0. The molecule has 25 nitrogen and oxygen atoms in total. The summed E-state index contributed by atoms with van der Waals surface area (Å²) >= 11 is 0. The first-order chi connectivity index (χ1) is 59.4. The van der Waals surface area contributed by atoms with Crippen molar-refractivity contribution in [3.05, 3.63) is 329 Å². The molecule has 6 aliphatic rings. The second kappa shape index (κ2) is 38.2. The van der Waals surface area contributed by atoms with Gasteiger partial charge in [-0.2, -0.15) is 25.6 Å². The highest BCUT2D eigenvalue weighted by atomic mass is 16.5. The summed E-state index contributed by atoms with van der Waals surface area (Å²) in [6.07, 6.45) is 10.1. The van der Waals surface area contributed by atoms with Crippen LogP contribution in [0, 0.1) is 76.2 Å². The summed E-state index contributed by atoms with van der Waals surface area (Å²) in [7, 11) is 1.96. The molecular weight excluding hydrogens is 1560 g/mol. The van der Waals surface area contributed by atoms with Gasteiger partial charge in [0.1, 0.15) is 22.6 Å². The van der Waals surface area contributed by atoms with Crippen molar-refractivity contribution in [1.29, 1.82) is 0 Å². The van der Waals surface area contributed by atoms with Crippen molar-refractivity contribution >= 4 is 118 Å². The standard InChI is InChI=1S/C12H14O.C11H11NO.C10H11NO.C9H10N2.C9H9NO2.C9H9NO.C8H8N2O.2C8H8N2.C8H7NO2.C7H7N3/c1-8-4-5-10-9(6-8)7-11(13)12(10,2)3;1-7-2-3-8-9(6-7)12-10(13)11(8)4-5-11;1-7-2-3-8-4-5-10(12)11-9(8)6-7;1-7-3-4-9-8(5-7)6-10-11(9)2;1-6-2-3-8-7(4-6)10-9(11)5-12-8;1-6-2-3-7-5-9(11)10-8(7)4-6;1-5-2-3-6-7(4-5)10-8(11)9-6;1-6-2-3-7-8(4-6)10-5-9-7;1-6-2-3-7-5-9-10-8(7)4-6;1-5-2-3-7-6(4-5)9-8(10)11-7;1-5-2-3-6-7(4-5)9-10-8-6/h4-6H,7H2,1-3H3;2-3,6H,4-5H2,1H3,(H,12,13);2-3,6H,4-5H2,1H3,(H,11,12);3-6H,1-2H3;2-4H,5H2,1H3,(H,10,11);2-4H,5H2,1H3,(H,10,11);2-4H,1H3,(H2,9,10,11);2*2-5H,1H3,(H,9,10);2-4H,1H3,(H,9,10);2-4H,1H3,(H,8,9,10). The molecule has 0 unspecified atom stereocenters. The first-order valence-corrected chi connectivity index (χ1v) is 41.0.